The van der Waals surface area contributed by atoms with E-state index in [2.05, 4.69) is 13.0 Å². The van der Waals surface area contributed by atoms with E-state index in [0.717, 1.165) is 18.4 Å². The third-order valence-electron chi connectivity index (χ3n) is 3.99. The number of carbonyl (C=O) groups is 1. The molecule has 27 heavy (non-hydrogen) atoms. The van der Waals surface area contributed by atoms with Crippen molar-refractivity contribution >= 4 is 11.9 Å². The highest BCUT2D eigenvalue weighted by Crippen LogP contribution is 2.18. The monoisotopic (exact) mass is 358 g/mol. The van der Waals surface area contributed by atoms with E-state index < -0.39 is 0 Å². The first-order valence-corrected chi connectivity index (χ1v) is 9.03. The summed E-state index contributed by atoms with van der Waals surface area (Å²) in [5.41, 5.74) is 2.49. The molecular formula is C23H22N2O2. The van der Waals surface area contributed by atoms with Crippen molar-refractivity contribution in [2.75, 3.05) is 6.61 Å². The molecule has 0 saturated heterocycles. The zero-order chi connectivity index (χ0) is 19.5. The molecule has 0 atom stereocenters. The SMILES string of the molecule is CCCc1ccc(C(=O)/C(C#N)=C\c2cccc(OCCCC#N)c2)cc1. The Labute approximate surface area is 160 Å². The van der Waals surface area contributed by atoms with Crippen LogP contribution in [0, 0.1) is 22.7 Å². The molecular weight excluding hydrogens is 336 g/mol. The Hall–Kier alpha value is -3.37. The van der Waals surface area contributed by atoms with E-state index >= 15 is 0 Å². The van der Waals surface area contributed by atoms with Crippen LogP contribution < -0.4 is 4.74 Å². The molecule has 0 fully saturated rings. The van der Waals surface area contributed by atoms with Gasteiger partial charge < -0.3 is 4.74 Å². The van der Waals surface area contributed by atoms with Crippen LogP contribution in [-0.2, 0) is 6.42 Å². The first-order valence-electron chi connectivity index (χ1n) is 9.03. The van der Waals surface area contributed by atoms with Crippen molar-refractivity contribution < 1.29 is 9.53 Å². The van der Waals surface area contributed by atoms with E-state index in [9.17, 15) is 10.1 Å². The Kier molecular flexibility index (Phi) is 7.82. The summed E-state index contributed by atoms with van der Waals surface area (Å²) in [4.78, 5) is 12.6. The van der Waals surface area contributed by atoms with Crippen LogP contribution in [0.25, 0.3) is 6.08 Å². The van der Waals surface area contributed by atoms with Crippen LogP contribution in [-0.4, -0.2) is 12.4 Å². The van der Waals surface area contributed by atoms with Crippen molar-refractivity contribution in [3.05, 3.63) is 70.8 Å². The Morgan fingerprint density at radius 1 is 1.15 bits per heavy atom. The van der Waals surface area contributed by atoms with Crippen LogP contribution in [0.1, 0.15) is 47.7 Å². The number of benzene rings is 2. The zero-order valence-electron chi connectivity index (χ0n) is 15.4. The fourth-order valence-electron chi connectivity index (χ4n) is 2.62. The van der Waals surface area contributed by atoms with Crippen molar-refractivity contribution in [3.8, 4) is 17.9 Å². The fourth-order valence-corrected chi connectivity index (χ4v) is 2.62. The summed E-state index contributed by atoms with van der Waals surface area (Å²) in [6.07, 6.45) is 4.70. The van der Waals surface area contributed by atoms with E-state index in [-0.39, 0.29) is 11.4 Å². The molecule has 0 unspecified atom stereocenters. The minimum absolute atomic E-state index is 0.0832. The molecule has 4 nitrogen and oxygen atoms in total. The van der Waals surface area contributed by atoms with Gasteiger partial charge in [-0.25, -0.2) is 0 Å². The minimum Gasteiger partial charge on any atom is -0.494 e. The maximum Gasteiger partial charge on any atom is 0.203 e. The van der Waals surface area contributed by atoms with E-state index in [0.29, 0.717) is 30.8 Å². The summed E-state index contributed by atoms with van der Waals surface area (Å²) in [5, 5.41) is 18.0. The predicted octanol–water partition coefficient (Wildman–Crippen LogP) is 5.11. The van der Waals surface area contributed by atoms with Crippen molar-refractivity contribution in [1.29, 1.82) is 10.5 Å². The lowest BCUT2D eigenvalue weighted by molar-refractivity contribution is 0.104. The van der Waals surface area contributed by atoms with Gasteiger partial charge in [0.05, 0.1) is 12.7 Å². The van der Waals surface area contributed by atoms with Gasteiger partial charge in [0.2, 0.25) is 5.78 Å². The molecule has 0 aromatic heterocycles. The smallest absolute Gasteiger partial charge is 0.203 e. The van der Waals surface area contributed by atoms with Crippen LogP contribution in [0.15, 0.2) is 54.1 Å². The highest BCUT2D eigenvalue weighted by molar-refractivity contribution is 6.14. The van der Waals surface area contributed by atoms with Gasteiger partial charge in [-0.1, -0.05) is 49.7 Å². The summed E-state index contributed by atoms with van der Waals surface area (Å²) in [6.45, 7) is 2.56. The van der Waals surface area contributed by atoms with Crippen LogP contribution in [0.4, 0.5) is 0 Å². The second-order valence-electron chi connectivity index (χ2n) is 6.13. The number of ether oxygens (including phenoxy) is 1. The van der Waals surface area contributed by atoms with Crippen LogP contribution in [0.3, 0.4) is 0 Å². The zero-order valence-corrected chi connectivity index (χ0v) is 15.4. The normalized spacial score (nSPS) is 10.7. The first kappa shape index (κ1) is 19.9. The van der Waals surface area contributed by atoms with Gasteiger partial charge in [0.1, 0.15) is 17.4 Å². The van der Waals surface area contributed by atoms with Gasteiger partial charge in [-0.15, -0.1) is 0 Å². The molecule has 0 bridgehead atoms. The lowest BCUT2D eigenvalue weighted by atomic mass is 10.00. The number of rotatable bonds is 9. The van der Waals surface area contributed by atoms with E-state index in [1.165, 1.54) is 5.56 Å². The molecule has 136 valence electrons. The molecule has 2 rings (SSSR count). The standard InChI is InChI=1S/C23H22N2O2/c1-2-6-18-9-11-20(12-10-18)23(26)21(17-25)15-19-7-5-8-22(16-19)27-14-4-3-13-24/h5,7-12,15-16H,2-4,6,14H2,1H3/b21-15-. The topological polar surface area (TPSA) is 73.9 Å². The number of carbonyl (C=O) groups excluding carboxylic acids is 1. The molecule has 0 spiro atoms. The Morgan fingerprint density at radius 2 is 1.93 bits per heavy atom. The largest absolute Gasteiger partial charge is 0.494 e. The van der Waals surface area contributed by atoms with Gasteiger partial charge in [-0.05, 0) is 42.2 Å². The molecule has 2 aromatic rings. The number of nitriles is 2. The molecule has 0 aliphatic rings. The average molecular weight is 358 g/mol. The summed E-state index contributed by atoms with van der Waals surface area (Å²) in [7, 11) is 0. The third kappa shape index (κ3) is 6.13. The third-order valence-corrected chi connectivity index (χ3v) is 3.99. The molecule has 0 saturated carbocycles. The lowest BCUT2D eigenvalue weighted by Gasteiger charge is -2.06. The second kappa shape index (κ2) is 10.6. The highest BCUT2D eigenvalue weighted by atomic mass is 16.5. The second-order valence-corrected chi connectivity index (χ2v) is 6.13. The summed E-state index contributed by atoms with van der Waals surface area (Å²) in [6, 6.07) is 18.7. The number of allylic oxidation sites excluding steroid dienone is 1. The fraction of sp³-hybridized carbons (Fsp3) is 0.261. The van der Waals surface area contributed by atoms with Gasteiger partial charge in [0, 0.05) is 12.0 Å². The predicted molar refractivity (Wildman–Crippen MR) is 105 cm³/mol. The van der Waals surface area contributed by atoms with Gasteiger partial charge in [-0.3, -0.25) is 4.79 Å². The lowest BCUT2D eigenvalue weighted by Crippen LogP contribution is -2.02. The number of unbranched alkanes of at least 4 members (excludes halogenated alkanes) is 1. The molecule has 0 radical (unpaired) electrons. The summed E-state index contributed by atoms with van der Waals surface area (Å²) in [5.74, 6) is 0.358. The number of nitrogens with zero attached hydrogens (tertiary/aromatic N) is 2. The van der Waals surface area contributed by atoms with Gasteiger partial charge in [-0.2, -0.15) is 10.5 Å². The van der Waals surface area contributed by atoms with E-state index in [1.807, 2.05) is 36.4 Å². The van der Waals surface area contributed by atoms with E-state index in [1.54, 1.807) is 24.3 Å². The number of Topliss-reactive ketones (excluding diaryl/α,β-unsaturated/α-hetero) is 1. The molecule has 0 aliphatic heterocycles. The molecule has 2 aromatic carbocycles. The van der Waals surface area contributed by atoms with Crippen molar-refractivity contribution in [3.63, 3.8) is 0 Å². The van der Waals surface area contributed by atoms with Crippen LogP contribution in [0.2, 0.25) is 0 Å². The van der Waals surface area contributed by atoms with Crippen molar-refractivity contribution in [1.82, 2.24) is 0 Å². The number of hydrogen-bond acceptors (Lipinski definition) is 4. The van der Waals surface area contributed by atoms with Gasteiger partial charge in [0.25, 0.3) is 0 Å². The van der Waals surface area contributed by atoms with Gasteiger partial charge >= 0.3 is 0 Å². The summed E-state index contributed by atoms with van der Waals surface area (Å²) < 4.78 is 5.60. The maximum atomic E-state index is 12.6. The number of hydrogen-bond donors (Lipinski definition) is 0. The molecule has 0 heterocycles. The van der Waals surface area contributed by atoms with E-state index in [4.69, 9.17) is 10.00 Å². The first-order chi connectivity index (χ1) is 13.2. The highest BCUT2D eigenvalue weighted by Gasteiger charge is 2.12. The molecule has 0 aliphatic carbocycles. The van der Waals surface area contributed by atoms with Crippen molar-refractivity contribution in [2.45, 2.75) is 32.6 Å². The quantitative estimate of drug-likeness (QED) is 0.270. The number of ketones is 1. The Bertz CT molecular complexity index is 884. The maximum absolute atomic E-state index is 12.6. The Morgan fingerprint density at radius 3 is 2.59 bits per heavy atom. The van der Waals surface area contributed by atoms with Crippen molar-refractivity contribution in [2.24, 2.45) is 0 Å². The molecule has 4 heteroatoms. The minimum atomic E-state index is -0.291. The molecule has 0 N–H and O–H groups in total. The molecule has 0 amide bonds. The Balaban J connectivity index is 2.14. The van der Waals surface area contributed by atoms with Gasteiger partial charge in [0.15, 0.2) is 0 Å². The number of aryl methyl sites for hydroxylation is 1. The summed E-state index contributed by atoms with van der Waals surface area (Å²) >= 11 is 0. The average Bonchev–Trinajstić information content (AvgIpc) is 2.70. The van der Waals surface area contributed by atoms with Crippen LogP contribution >= 0.6 is 0 Å². The van der Waals surface area contributed by atoms with Crippen LogP contribution in [0.5, 0.6) is 5.75 Å².